The van der Waals surface area contributed by atoms with Crippen molar-refractivity contribution in [2.75, 3.05) is 7.11 Å². The van der Waals surface area contributed by atoms with Crippen LogP contribution in [0.3, 0.4) is 0 Å². The largest absolute Gasteiger partial charge is 0.495 e. The number of rotatable bonds is 2. The van der Waals surface area contributed by atoms with Crippen molar-refractivity contribution < 1.29 is 4.74 Å². The summed E-state index contributed by atoms with van der Waals surface area (Å²) in [5.41, 5.74) is 2.23. The lowest BCUT2D eigenvalue weighted by atomic mass is 10.0. The first kappa shape index (κ1) is 13.5. The predicted molar refractivity (Wildman–Crippen MR) is 91.9 cm³/mol. The summed E-state index contributed by atoms with van der Waals surface area (Å²) in [6.07, 6.45) is 1.60. The van der Waals surface area contributed by atoms with Gasteiger partial charge in [0.05, 0.1) is 24.4 Å². The van der Waals surface area contributed by atoms with Crippen LogP contribution in [0.15, 0.2) is 65.6 Å². The van der Waals surface area contributed by atoms with E-state index in [0.29, 0.717) is 16.8 Å². The van der Waals surface area contributed by atoms with Crippen LogP contribution in [-0.2, 0) is 0 Å². The van der Waals surface area contributed by atoms with Crippen molar-refractivity contribution in [2.24, 2.45) is 0 Å². The van der Waals surface area contributed by atoms with E-state index in [-0.39, 0.29) is 5.43 Å². The lowest BCUT2D eigenvalue weighted by molar-refractivity contribution is 0.413. The SMILES string of the molecule is COc1cnc2[nH]c(-c3cccc4ccccc34)cc(=O)c2c1. The Labute approximate surface area is 132 Å². The molecule has 0 atom stereocenters. The van der Waals surface area contributed by atoms with Crippen LogP contribution in [-0.4, -0.2) is 17.1 Å². The Hall–Kier alpha value is -3.14. The van der Waals surface area contributed by atoms with Crippen LogP contribution in [0, 0.1) is 0 Å². The first-order valence-corrected chi connectivity index (χ1v) is 7.31. The highest BCUT2D eigenvalue weighted by Gasteiger charge is 2.09. The van der Waals surface area contributed by atoms with Crippen LogP contribution in [0.25, 0.3) is 33.1 Å². The molecule has 4 nitrogen and oxygen atoms in total. The predicted octanol–water partition coefficient (Wildman–Crippen LogP) is 3.75. The lowest BCUT2D eigenvalue weighted by Crippen LogP contribution is -2.04. The molecule has 2 aromatic heterocycles. The summed E-state index contributed by atoms with van der Waals surface area (Å²) in [6.45, 7) is 0. The quantitative estimate of drug-likeness (QED) is 0.613. The van der Waals surface area contributed by atoms with Crippen LogP contribution in [0.5, 0.6) is 5.75 Å². The molecule has 23 heavy (non-hydrogen) atoms. The van der Waals surface area contributed by atoms with E-state index in [4.69, 9.17) is 4.74 Å². The standard InChI is InChI=1S/C19H14N2O2/c1-23-13-9-16-18(22)10-17(21-19(16)20-11-13)15-8-4-6-12-5-2-3-7-14(12)15/h2-11H,1H3,(H,20,21,22). The fourth-order valence-electron chi connectivity index (χ4n) is 2.82. The summed E-state index contributed by atoms with van der Waals surface area (Å²) in [5.74, 6) is 0.570. The summed E-state index contributed by atoms with van der Waals surface area (Å²) in [6, 6.07) is 17.5. The molecule has 4 rings (SSSR count). The number of ether oxygens (including phenoxy) is 1. The highest BCUT2D eigenvalue weighted by Crippen LogP contribution is 2.27. The molecule has 0 aliphatic carbocycles. The molecule has 4 aromatic rings. The Bertz CT molecular complexity index is 1080. The Kier molecular flexibility index (Phi) is 3.08. The number of nitrogens with one attached hydrogen (secondary N) is 1. The Morgan fingerprint density at radius 2 is 1.83 bits per heavy atom. The molecule has 0 saturated carbocycles. The molecule has 112 valence electrons. The summed E-state index contributed by atoms with van der Waals surface area (Å²) < 4.78 is 5.13. The fourth-order valence-corrected chi connectivity index (χ4v) is 2.82. The number of aromatic nitrogens is 2. The molecule has 0 unspecified atom stereocenters. The molecule has 4 heteroatoms. The number of nitrogens with zero attached hydrogens (tertiary/aromatic N) is 1. The maximum atomic E-state index is 12.5. The van der Waals surface area contributed by atoms with Gasteiger partial charge in [-0.1, -0.05) is 42.5 Å². The van der Waals surface area contributed by atoms with Crippen molar-refractivity contribution in [1.29, 1.82) is 0 Å². The molecule has 0 aliphatic heterocycles. The zero-order valence-corrected chi connectivity index (χ0v) is 12.5. The smallest absolute Gasteiger partial charge is 0.191 e. The summed E-state index contributed by atoms with van der Waals surface area (Å²) >= 11 is 0. The van der Waals surface area contributed by atoms with E-state index in [2.05, 4.69) is 28.2 Å². The molecule has 2 heterocycles. The molecule has 1 N–H and O–H groups in total. The molecule has 0 fully saturated rings. The van der Waals surface area contributed by atoms with Crippen molar-refractivity contribution in [1.82, 2.24) is 9.97 Å². The van der Waals surface area contributed by atoms with E-state index in [1.807, 2.05) is 24.3 Å². The third-order valence-corrected chi connectivity index (χ3v) is 3.97. The maximum absolute atomic E-state index is 12.5. The number of fused-ring (bicyclic) bond motifs is 2. The zero-order chi connectivity index (χ0) is 15.8. The third kappa shape index (κ3) is 2.25. The molecule has 0 amide bonds. The molecule has 0 saturated heterocycles. The van der Waals surface area contributed by atoms with Gasteiger partial charge < -0.3 is 9.72 Å². The average Bonchev–Trinajstić information content (AvgIpc) is 2.61. The first-order chi connectivity index (χ1) is 11.3. The maximum Gasteiger partial charge on any atom is 0.191 e. The van der Waals surface area contributed by atoms with Gasteiger partial charge >= 0.3 is 0 Å². The van der Waals surface area contributed by atoms with Crippen molar-refractivity contribution in [3.63, 3.8) is 0 Å². The van der Waals surface area contributed by atoms with E-state index in [1.54, 1.807) is 25.4 Å². The average molecular weight is 302 g/mol. The third-order valence-electron chi connectivity index (χ3n) is 3.97. The van der Waals surface area contributed by atoms with Gasteiger partial charge in [-0.2, -0.15) is 0 Å². The van der Waals surface area contributed by atoms with Gasteiger partial charge in [0, 0.05) is 11.6 Å². The Morgan fingerprint density at radius 1 is 1.00 bits per heavy atom. The minimum absolute atomic E-state index is 0.0758. The monoisotopic (exact) mass is 302 g/mol. The van der Waals surface area contributed by atoms with Crippen molar-refractivity contribution in [3.8, 4) is 17.0 Å². The van der Waals surface area contributed by atoms with E-state index in [0.717, 1.165) is 22.0 Å². The first-order valence-electron chi connectivity index (χ1n) is 7.31. The summed E-state index contributed by atoms with van der Waals surface area (Å²) in [7, 11) is 1.56. The fraction of sp³-hybridized carbons (Fsp3) is 0.0526. The second-order valence-electron chi connectivity index (χ2n) is 5.35. The van der Waals surface area contributed by atoms with Crippen LogP contribution >= 0.6 is 0 Å². The molecule has 0 spiro atoms. The summed E-state index contributed by atoms with van der Waals surface area (Å²) in [5, 5.41) is 2.75. The van der Waals surface area contributed by atoms with Crippen molar-refractivity contribution in [3.05, 3.63) is 71.0 Å². The number of benzene rings is 2. The van der Waals surface area contributed by atoms with Gasteiger partial charge in [-0.15, -0.1) is 0 Å². The second kappa shape index (κ2) is 5.25. The van der Waals surface area contributed by atoms with Gasteiger partial charge in [0.1, 0.15) is 11.4 Å². The number of hydrogen-bond acceptors (Lipinski definition) is 3. The number of methoxy groups -OCH3 is 1. The number of aromatic amines is 1. The molecule has 2 aromatic carbocycles. The minimum Gasteiger partial charge on any atom is -0.495 e. The normalized spacial score (nSPS) is 11.0. The second-order valence-corrected chi connectivity index (χ2v) is 5.35. The van der Waals surface area contributed by atoms with E-state index in [1.165, 1.54) is 0 Å². The van der Waals surface area contributed by atoms with Crippen LogP contribution in [0.2, 0.25) is 0 Å². The van der Waals surface area contributed by atoms with Gasteiger partial charge in [0.25, 0.3) is 0 Å². The zero-order valence-electron chi connectivity index (χ0n) is 12.5. The minimum atomic E-state index is -0.0758. The van der Waals surface area contributed by atoms with E-state index >= 15 is 0 Å². The highest BCUT2D eigenvalue weighted by molar-refractivity contribution is 5.96. The number of pyridine rings is 2. The van der Waals surface area contributed by atoms with E-state index in [9.17, 15) is 4.79 Å². The molecule has 0 bridgehead atoms. The molecular formula is C19H14N2O2. The lowest BCUT2D eigenvalue weighted by Gasteiger charge is -2.08. The topological polar surface area (TPSA) is 55.0 Å². The van der Waals surface area contributed by atoms with Gasteiger partial charge in [-0.05, 0) is 16.8 Å². The molecule has 0 radical (unpaired) electrons. The van der Waals surface area contributed by atoms with Crippen LogP contribution < -0.4 is 10.2 Å². The molecular weight excluding hydrogens is 288 g/mol. The van der Waals surface area contributed by atoms with Crippen molar-refractivity contribution >= 4 is 21.8 Å². The number of hydrogen-bond donors (Lipinski definition) is 1. The van der Waals surface area contributed by atoms with Gasteiger partial charge in [-0.25, -0.2) is 4.98 Å². The van der Waals surface area contributed by atoms with Crippen LogP contribution in [0.4, 0.5) is 0 Å². The van der Waals surface area contributed by atoms with Crippen LogP contribution in [0.1, 0.15) is 0 Å². The van der Waals surface area contributed by atoms with Gasteiger partial charge in [-0.3, -0.25) is 4.79 Å². The summed E-state index contributed by atoms with van der Waals surface area (Å²) in [4.78, 5) is 20.0. The van der Waals surface area contributed by atoms with E-state index < -0.39 is 0 Å². The van der Waals surface area contributed by atoms with Gasteiger partial charge in [0.15, 0.2) is 5.43 Å². The Balaban J connectivity index is 2.00. The van der Waals surface area contributed by atoms with Crippen molar-refractivity contribution in [2.45, 2.75) is 0 Å². The highest BCUT2D eigenvalue weighted by atomic mass is 16.5. The number of H-pyrrole nitrogens is 1. The Morgan fingerprint density at radius 3 is 2.70 bits per heavy atom. The molecule has 0 aliphatic rings. The van der Waals surface area contributed by atoms with Gasteiger partial charge in [0.2, 0.25) is 0 Å².